The molecule has 0 aromatic heterocycles. The van der Waals surface area contributed by atoms with Crippen LogP contribution < -0.4 is 15.4 Å². The third kappa shape index (κ3) is 5.66. The van der Waals surface area contributed by atoms with Gasteiger partial charge in [-0.2, -0.15) is 0 Å². The molecule has 1 atom stereocenters. The molecule has 0 radical (unpaired) electrons. The van der Waals surface area contributed by atoms with Gasteiger partial charge < -0.3 is 20.3 Å². The van der Waals surface area contributed by atoms with Gasteiger partial charge in [-0.05, 0) is 61.6 Å². The first-order chi connectivity index (χ1) is 15.3. The van der Waals surface area contributed by atoms with Crippen LogP contribution in [0.3, 0.4) is 0 Å². The van der Waals surface area contributed by atoms with E-state index in [9.17, 15) is 4.79 Å². The normalized spacial score (nSPS) is 14.3. The van der Waals surface area contributed by atoms with Crippen LogP contribution in [0.5, 0.6) is 5.75 Å². The molecule has 0 amide bonds. The van der Waals surface area contributed by atoms with Crippen LogP contribution in [0.2, 0.25) is 0 Å². The molecule has 4 N–H and O–H groups in total. The van der Waals surface area contributed by atoms with Crippen molar-refractivity contribution in [3.8, 4) is 5.75 Å². The van der Waals surface area contributed by atoms with Crippen LogP contribution in [0.4, 0.5) is 5.69 Å². The molecular formula is C25H33N5O2. The largest absolute Gasteiger partial charge is 0.425 e. The predicted molar refractivity (Wildman–Crippen MR) is 129 cm³/mol. The number of nitrogens with one attached hydrogen (secondary N) is 2. The molecule has 0 spiro atoms. The number of rotatable bonds is 8. The summed E-state index contributed by atoms with van der Waals surface area (Å²) < 4.78 is 5.73. The summed E-state index contributed by atoms with van der Waals surface area (Å²) in [6, 6.07) is 14.0. The van der Waals surface area contributed by atoms with E-state index in [-0.39, 0.29) is 17.7 Å². The summed E-state index contributed by atoms with van der Waals surface area (Å²) in [6.45, 7) is 5.98. The third-order valence-corrected chi connectivity index (χ3v) is 5.77. The molecular weight excluding hydrogens is 402 g/mol. The quantitative estimate of drug-likeness (QED) is 0.253. The fourth-order valence-electron chi connectivity index (χ4n) is 3.92. The molecule has 7 nitrogen and oxygen atoms in total. The molecule has 1 aliphatic heterocycles. The van der Waals surface area contributed by atoms with Crippen molar-refractivity contribution >= 4 is 23.3 Å². The predicted octanol–water partition coefficient (Wildman–Crippen LogP) is 3.85. The summed E-state index contributed by atoms with van der Waals surface area (Å²) in [6.07, 6.45) is 2.87. The number of benzene rings is 2. The zero-order valence-electron chi connectivity index (χ0n) is 19.1. The van der Waals surface area contributed by atoms with Gasteiger partial charge in [0.1, 0.15) is 23.5 Å². The number of ether oxygens (including phenoxy) is 1. The number of carbonyl (C=O) groups is 1. The first-order valence-electron chi connectivity index (χ1n) is 11.1. The zero-order chi connectivity index (χ0) is 23.3. The second-order valence-corrected chi connectivity index (χ2v) is 8.71. The monoisotopic (exact) mass is 435 g/mol. The second-order valence-electron chi connectivity index (χ2n) is 8.71. The molecule has 0 unspecified atom stereocenters. The van der Waals surface area contributed by atoms with E-state index >= 15 is 0 Å². The summed E-state index contributed by atoms with van der Waals surface area (Å²) in [4.78, 5) is 17.1. The Bertz CT molecular complexity index is 965. The van der Waals surface area contributed by atoms with Crippen molar-refractivity contribution in [2.75, 3.05) is 25.0 Å². The van der Waals surface area contributed by atoms with E-state index in [1.54, 1.807) is 18.2 Å². The molecule has 1 aliphatic rings. The van der Waals surface area contributed by atoms with Crippen molar-refractivity contribution < 1.29 is 9.53 Å². The van der Waals surface area contributed by atoms with Gasteiger partial charge in [0.25, 0.3) is 0 Å². The van der Waals surface area contributed by atoms with E-state index < -0.39 is 6.04 Å². The van der Waals surface area contributed by atoms with Gasteiger partial charge in [0.05, 0.1) is 0 Å². The minimum atomic E-state index is -0.486. The zero-order valence-corrected chi connectivity index (χ0v) is 19.1. The maximum absolute atomic E-state index is 13.1. The van der Waals surface area contributed by atoms with Gasteiger partial charge in [-0.15, -0.1) is 0 Å². The van der Waals surface area contributed by atoms with Crippen LogP contribution in [-0.4, -0.2) is 48.7 Å². The molecule has 0 aliphatic carbocycles. The molecule has 2 aromatic rings. The fourth-order valence-corrected chi connectivity index (χ4v) is 3.92. The highest BCUT2D eigenvalue weighted by Crippen LogP contribution is 2.23. The molecule has 32 heavy (non-hydrogen) atoms. The third-order valence-electron chi connectivity index (χ3n) is 5.77. The Hall–Kier alpha value is -3.35. The topological polar surface area (TPSA) is 107 Å². The molecule has 7 heteroatoms. The van der Waals surface area contributed by atoms with Crippen molar-refractivity contribution in [1.82, 2.24) is 4.90 Å². The Balaban J connectivity index is 1.73. The molecule has 3 rings (SSSR count). The number of hydrogen-bond donors (Lipinski definition) is 3. The van der Waals surface area contributed by atoms with Gasteiger partial charge in [0, 0.05) is 37.0 Å². The summed E-state index contributed by atoms with van der Waals surface area (Å²) in [7, 11) is 1.86. The lowest BCUT2D eigenvalue weighted by molar-refractivity contribution is -0.136. The molecule has 1 saturated heterocycles. The van der Waals surface area contributed by atoms with Gasteiger partial charge in [0.15, 0.2) is 0 Å². The van der Waals surface area contributed by atoms with Crippen molar-refractivity contribution in [2.24, 2.45) is 11.7 Å². The summed E-state index contributed by atoms with van der Waals surface area (Å²) >= 11 is 0. The van der Waals surface area contributed by atoms with Crippen LogP contribution in [0.1, 0.15) is 44.2 Å². The number of nitrogens with two attached hydrogens (primary N) is 1. The maximum atomic E-state index is 13.1. The summed E-state index contributed by atoms with van der Waals surface area (Å²) in [5, 5.41) is 16.0. The Morgan fingerprint density at radius 3 is 2.34 bits per heavy atom. The lowest BCUT2D eigenvalue weighted by Gasteiger charge is -2.30. The number of likely N-dealkylation sites (tertiary alicyclic amines) is 1. The molecule has 0 bridgehead atoms. The molecule has 170 valence electrons. The average molecular weight is 436 g/mol. The van der Waals surface area contributed by atoms with Crippen molar-refractivity contribution in [3.05, 3.63) is 59.7 Å². The number of nitrogens with zero attached hydrogens (tertiary/aromatic N) is 2. The van der Waals surface area contributed by atoms with Gasteiger partial charge in [-0.1, -0.05) is 26.0 Å². The lowest BCUT2D eigenvalue weighted by atomic mass is 10.0. The van der Waals surface area contributed by atoms with Crippen molar-refractivity contribution in [3.63, 3.8) is 0 Å². The van der Waals surface area contributed by atoms with Gasteiger partial charge >= 0.3 is 5.97 Å². The fraction of sp³-hybridized carbons (Fsp3) is 0.400. The van der Waals surface area contributed by atoms with E-state index in [0.29, 0.717) is 23.6 Å². The van der Waals surface area contributed by atoms with E-state index in [1.807, 2.05) is 42.3 Å². The Labute approximate surface area is 190 Å². The van der Waals surface area contributed by atoms with E-state index in [4.69, 9.17) is 21.3 Å². The summed E-state index contributed by atoms with van der Waals surface area (Å²) in [5.41, 5.74) is 7.87. The average Bonchev–Trinajstić information content (AvgIpc) is 3.32. The molecule has 1 heterocycles. The highest BCUT2D eigenvalue weighted by atomic mass is 16.5. The van der Waals surface area contributed by atoms with Crippen LogP contribution in [0, 0.1) is 16.7 Å². The molecule has 0 saturated carbocycles. The number of amidine groups is 2. The van der Waals surface area contributed by atoms with Crippen molar-refractivity contribution in [2.45, 2.75) is 39.2 Å². The number of nitrogen functional groups attached to an aromatic ring is 1. The smallest absolute Gasteiger partial charge is 0.334 e. The lowest BCUT2D eigenvalue weighted by Crippen LogP contribution is -2.42. The standard InChI is InChI=1S/C25H33N5O2/c1-17(2)15-22(29(3)20-8-6-7-19(16-20)23(26)27)25(31)32-21-11-9-18(10-12-21)24(28)30-13-4-5-14-30/h6-12,16-17,22,28H,4-5,13-15H2,1-3H3,(H3,26,27)/t22-/m1/s1. The minimum absolute atomic E-state index is 0.0113. The highest BCUT2D eigenvalue weighted by molar-refractivity contribution is 5.97. The van der Waals surface area contributed by atoms with E-state index in [1.165, 1.54) is 0 Å². The van der Waals surface area contributed by atoms with Gasteiger partial charge in [-0.3, -0.25) is 10.8 Å². The van der Waals surface area contributed by atoms with Gasteiger partial charge in [0.2, 0.25) is 0 Å². The van der Waals surface area contributed by atoms with Crippen LogP contribution in [0.15, 0.2) is 48.5 Å². The summed E-state index contributed by atoms with van der Waals surface area (Å²) in [5.74, 6) is 0.921. The number of likely N-dealkylation sites (N-methyl/N-ethyl adjacent to an activating group) is 1. The Morgan fingerprint density at radius 1 is 1.09 bits per heavy atom. The van der Waals surface area contributed by atoms with Crippen LogP contribution in [0.25, 0.3) is 0 Å². The maximum Gasteiger partial charge on any atom is 0.334 e. The first-order valence-corrected chi connectivity index (χ1v) is 11.1. The SMILES string of the molecule is CC(C)C[C@H](C(=O)Oc1ccc(C(=N)N2CCCC2)cc1)N(C)c1cccc(C(=N)N)c1. The van der Waals surface area contributed by atoms with E-state index in [2.05, 4.69) is 18.7 Å². The number of esters is 1. The minimum Gasteiger partial charge on any atom is -0.425 e. The van der Waals surface area contributed by atoms with Crippen molar-refractivity contribution in [1.29, 1.82) is 10.8 Å². The highest BCUT2D eigenvalue weighted by Gasteiger charge is 2.27. The molecule has 2 aromatic carbocycles. The van der Waals surface area contributed by atoms with Crippen LogP contribution >= 0.6 is 0 Å². The second kappa shape index (κ2) is 10.3. The first kappa shape index (κ1) is 23.3. The van der Waals surface area contributed by atoms with E-state index in [0.717, 1.165) is 37.2 Å². The number of anilines is 1. The number of carbonyl (C=O) groups excluding carboxylic acids is 1. The van der Waals surface area contributed by atoms with Crippen LogP contribution in [-0.2, 0) is 4.79 Å². The Morgan fingerprint density at radius 2 is 1.75 bits per heavy atom. The number of hydrogen-bond acceptors (Lipinski definition) is 5. The Kier molecular flexibility index (Phi) is 7.51. The molecule has 1 fully saturated rings. The van der Waals surface area contributed by atoms with Gasteiger partial charge in [-0.25, -0.2) is 4.79 Å².